The molecule has 2 saturated carbocycles. The van der Waals surface area contributed by atoms with E-state index in [2.05, 4.69) is 15.5 Å². The average Bonchev–Trinajstić information content (AvgIpc) is 3.34. The van der Waals surface area contributed by atoms with Crippen molar-refractivity contribution in [2.45, 2.75) is 62.8 Å². The number of benzene rings is 1. The van der Waals surface area contributed by atoms with Crippen molar-refractivity contribution in [3.05, 3.63) is 46.6 Å². The van der Waals surface area contributed by atoms with Crippen LogP contribution in [0.5, 0.6) is 0 Å². The van der Waals surface area contributed by atoms with E-state index in [9.17, 15) is 4.79 Å². The van der Waals surface area contributed by atoms with E-state index < -0.39 is 5.54 Å². The predicted octanol–water partition coefficient (Wildman–Crippen LogP) is 4.12. The van der Waals surface area contributed by atoms with Gasteiger partial charge in [-0.05, 0) is 37.3 Å². The molecule has 0 atom stereocenters. The summed E-state index contributed by atoms with van der Waals surface area (Å²) in [7, 11) is 0. The van der Waals surface area contributed by atoms with Crippen molar-refractivity contribution in [1.82, 2.24) is 15.5 Å². The maximum atomic E-state index is 12.7. The highest BCUT2D eigenvalue weighted by atomic mass is 35.5. The van der Waals surface area contributed by atoms with Crippen LogP contribution < -0.4 is 5.32 Å². The van der Waals surface area contributed by atoms with Crippen LogP contribution in [-0.2, 0) is 16.8 Å². The Balaban J connectivity index is 1.54. The Bertz CT molecular complexity index is 764. The number of halogens is 1. The molecule has 1 aromatic heterocycles. The van der Waals surface area contributed by atoms with Gasteiger partial charge in [-0.25, -0.2) is 0 Å². The molecule has 2 aliphatic rings. The fourth-order valence-electron chi connectivity index (χ4n) is 3.61. The zero-order chi connectivity index (χ0) is 17.3. The fraction of sp³-hybridized carbons (Fsp3) is 0.526. The smallest absolute Gasteiger partial charge is 0.252 e. The van der Waals surface area contributed by atoms with Crippen molar-refractivity contribution in [3.8, 4) is 0 Å². The van der Waals surface area contributed by atoms with E-state index in [4.69, 9.17) is 16.1 Å². The molecule has 0 bridgehead atoms. The van der Waals surface area contributed by atoms with Crippen molar-refractivity contribution in [2.24, 2.45) is 0 Å². The third-order valence-electron chi connectivity index (χ3n) is 5.19. The summed E-state index contributed by atoms with van der Waals surface area (Å²) in [5, 5.41) is 7.96. The molecule has 2 aliphatic carbocycles. The van der Waals surface area contributed by atoms with Gasteiger partial charge in [0.25, 0.3) is 5.89 Å². The molecule has 0 unspecified atom stereocenters. The molecule has 2 aromatic rings. The molecule has 2 fully saturated rings. The number of hydrogen-bond donors (Lipinski definition) is 1. The molecule has 1 heterocycles. The van der Waals surface area contributed by atoms with Crippen molar-refractivity contribution < 1.29 is 9.32 Å². The molecule has 0 radical (unpaired) electrons. The first kappa shape index (κ1) is 16.6. The van der Waals surface area contributed by atoms with Crippen molar-refractivity contribution in [2.75, 3.05) is 0 Å². The van der Waals surface area contributed by atoms with Gasteiger partial charge in [0.05, 0.1) is 6.42 Å². The summed E-state index contributed by atoms with van der Waals surface area (Å²) in [4.78, 5) is 17.3. The summed E-state index contributed by atoms with van der Waals surface area (Å²) >= 11 is 6.19. The molecule has 1 N–H and O–H groups in total. The highest BCUT2D eigenvalue weighted by Gasteiger charge is 2.42. The van der Waals surface area contributed by atoms with Crippen LogP contribution in [0.15, 0.2) is 28.8 Å². The van der Waals surface area contributed by atoms with E-state index in [1.54, 1.807) is 6.07 Å². The van der Waals surface area contributed by atoms with Gasteiger partial charge in [0.2, 0.25) is 5.91 Å². The summed E-state index contributed by atoms with van der Waals surface area (Å²) in [5.41, 5.74) is 0.299. The van der Waals surface area contributed by atoms with E-state index >= 15 is 0 Å². The van der Waals surface area contributed by atoms with Crippen LogP contribution in [0.1, 0.15) is 68.1 Å². The predicted molar refractivity (Wildman–Crippen MR) is 94.3 cm³/mol. The Kier molecular flexibility index (Phi) is 4.50. The molecule has 1 aromatic carbocycles. The second-order valence-electron chi connectivity index (χ2n) is 7.19. The van der Waals surface area contributed by atoms with Crippen molar-refractivity contribution >= 4 is 17.5 Å². The fourth-order valence-corrected chi connectivity index (χ4v) is 3.81. The molecule has 6 heteroatoms. The topological polar surface area (TPSA) is 68.0 Å². The molecule has 0 saturated heterocycles. The second kappa shape index (κ2) is 6.79. The van der Waals surface area contributed by atoms with Gasteiger partial charge < -0.3 is 9.84 Å². The first-order valence-corrected chi connectivity index (χ1v) is 9.43. The third kappa shape index (κ3) is 3.56. The highest BCUT2D eigenvalue weighted by Crippen LogP contribution is 2.41. The van der Waals surface area contributed by atoms with Crippen LogP contribution in [0.4, 0.5) is 0 Å². The number of amides is 1. The molecule has 0 spiro atoms. The number of aromatic nitrogens is 2. The molecule has 132 valence electrons. The summed E-state index contributed by atoms with van der Waals surface area (Å²) in [6, 6.07) is 7.45. The van der Waals surface area contributed by atoms with Crippen LogP contribution in [0.25, 0.3) is 0 Å². The van der Waals surface area contributed by atoms with E-state index in [1.807, 2.05) is 18.2 Å². The summed E-state index contributed by atoms with van der Waals surface area (Å²) in [5.74, 6) is 1.75. The van der Waals surface area contributed by atoms with Gasteiger partial charge in [0.15, 0.2) is 5.82 Å². The van der Waals surface area contributed by atoms with Gasteiger partial charge in [-0.1, -0.05) is 54.2 Å². The monoisotopic (exact) mass is 359 g/mol. The lowest BCUT2D eigenvalue weighted by molar-refractivity contribution is -0.123. The zero-order valence-electron chi connectivity index (χ0n) is 14.1. The lowest BCUT2D eigenvalue weighted by atomic mass is 9.81. The average molecular weight is 360 g/mol. The van der Waals surface area contributed by atoms with Crippen LogP contribution in [0.2, 0.25) is 5.02 Å². The first-order valence-electron chi connectivity index (χ1n) is 9.05. The number of carbonyl (C=O) groups is 1. The SMILES string of the molecule is O=C(Cc1ccccc1Cl)NC1(c2nc(C3CC3)no2)CCCCC1. The Morgan fingerprint density at radius 2 is 2.00 bits per heavy atom. The second-order valence-corrected chi connectivity index (χ2v) is 7.60. The highest BCUT2D eigenvalue weighted by molar-refractivity contribution is 6.31. The van der Waals surface area contributed by atoms with Gasteiger partial charge >= 0.3 is 0 Å². The minimum Gasteiger partial charge on any atom is -0.341 e. The molecule has 1 amide bonds. The lowest BCUT2D eigenvalue weighted by Gasteiger charge is -2.34. The van der Waals surface area contributed by atoms with E-state index in [1.165, 1.54) is 6.42 Å². The van der Waals surface area contributed by atoms with E-state index in [0.717, 1.165) is 49.9 Å². The molecule has 25 heavy (non-hydrogen) atoms. The number of nitrogens with zero attached hydrogens (tertiary/aromatic N) is 2. The van der Waals surface area contributed by atoms with E-state index in [-0.39, 0.29) is 12.3 Å². The normalized spacial score (nSPS) is 19.6. The minimum absolute atomic E-state index is 0.0545. The first-order chi connectivity index (χ1) is 12.2. The van der Waals surface area contributed by atoms with Gasteiger partial charge in [-0.2, -0.15) is 4.98 Å². The van der Waals surface area contributed by atoms with Crippen LogP contribution in [-0.4, -0.2) is 16.0 Å². The van der Waals surface area contributed by atoms with Crippen LogP contribution in [0.3, 0.4) is 0 Å². The van der Waals surface area contributed by atoms with E-state index in [0.29, 0.717) is 16.8 Å². The Labute approximate surface area is 152 Å². The molecular weight excluding hydrogens is 338 g/mol. The summed E-state index contributed by atoms with van der Waals surface area (Å²) in [6.45, 7) is 0. The van der Waals surface area contributed by atoms with Crippen molar-refractivity contribution in [3.63, 3.8) is 0 Å². The standard InChI is InChI=1S/C19H22ClN3O2/c20-15-7-3-2-6-14(15)12-16(24)22-19(10-4-1-5-11-19)18-21-17(23-25-18)13-8-9-13/h2-3,6-7,13H,1,4-5,8-12H2,(H,22,24). The van der Waals surface area contributed by atoms with Gasteiger partial charge in [0.1, 0.15) is 5.54 Å². The molecular formula is C19H22ClN3O2. The number of hydrogen-bond acceptors (Lipinski definition) is 4. The Morgan fingerprint density at radius 1 is 1.24 bits per heavy atom. The van der Waals surface area contributed by atoms with Gasteiger partial charge in [0, 0.05) is 10.9 Å². The summed E-state index contributed by atoms with van der Waals surface area (Å²) < 4.78 is 5.58. The maximum Gasteiger partial charge on any atom is 0.252 e. The molecule has 0 aliphatic heterocycles. The van der Waals surface area contributed by atoms with Crippen molar-refractivity contribution in [1.29, 1.82) is 0 Å². The number of carbonyl (C=O) groups excluding carboxylic acids is 1. The zero-order valence-corrected chi connectivity index (χ0v) is 14.9. The van der Waals surface area contributed by atoms with Gasteiger partial charge in [-0.3, -0.25) is 4.79 Å². The Hall–Kier alpha value is -1.88. The van der Waals surface area contributed by atoms with Crippen LogP contribution in [0, 0.1) is 0 Å². The van der Waals surface area contributed by atoms with Gasteiger partial charge in [-0.15, -0.1) is 0 Å². The molecule has 5 nitrogen and oxygen atoms in total. The summed E-state index contributed by atoms with van der Waals surface area (Å²) in [6.07, 6.45) is 7.47. The quantitative estimate of drug-likeness (QED) is 0.871. The molecule has 4 rings (SSSR count). The maximum absolute atomic E-state index is 12.7. The Morgan fingerprint density at radius 3 is 2.72 bits per heavy atom. The largest absolute Gasteiger partial charge is 0.341 e. The number of rotatable bonds is 5. The third-order valence-corrected chi connectivity index (χ3v) is 5.56. The number of nitrogens with one attached hydrogen (secondary N) is 1. The van der Waals surface area contributed by atoms with Crippen LogP contribution >= 0.6 is 11.6 Å². The lowest BCUT2D eigenvalue weighted by Crippen LogP contribution is -2.48. The minimum atomic E-state index is -0.531.